The van der Waals surface area contributed by atoms with Crippen molar-refractivity contribution in [2.75, 3.05) is 13.7 Å². The molecule has 2 aromatic rings. The molecule has 0 heterocycles. The average Bonchev–Trinajstić information content (AvgIpc) is 2.44. The third-order valence-electron chi connectivity index (χ3n) is 3.02. The van der Waals surface area contributed by atoms with Crippen molar-refractivity contribution in [3.05, 3.63) is 64.1 Å². The van der Waals surface area contributed by atoms with Crippen LogP contribution in [0.5, 0.6) is 5.75 Å². The first-order valence-electron chi connectivity index (χ1n) is 6.40. The summed E-state index contributed by atoms with van der Waals surface area (Å²) in [5, 5.41) is 3.35. The van der Waals surface area contributed by atoms with E-state index in [1.165, 1.54) is 11.1 Å². The van der Waals surface area contributed by atoms with Gasteiger partial charge in [-0.3, -0.25) is 0 Å². The minimum Gasteiger partial charge on any atom is -0.494 e. The monoisotopic (exact) mass is 319 g/mol. The fourth-order valence-corrected chi connectivity index (χ4v) is 2.37. The van der Waals surface area contributed by atoms with Crippen molar-refractivity contribution in [3.63, 3.8) is 0 Å². The lowest BCUT2D eigenvalue weighted by molar-refractivity contribution is 0.340. The largest absolute Gasteiger partial charge is 0.494 e. The Balaban J connectivity index is 2.23. The number of benzene rings is 2. The Hall–Kier alpha value is -1.32. The molecule has 0 aliphatic carbocycles. The first-order chi connectivity index (χ1) is 9.24. The Morgan fingerprint density at radius 2 is 1.53 bits per heavy atom. The smallest absolute Gasteiger partial charge is 0.119 e. The lowest BCUT2D eigenvalue weighted by Crippen LogP contribution is -2.17. The molecular formula is C16H18BrNO. The molecule has 2 nitrogen and oxygen atoms in total. The van der Waals surface area contributed by atoms with E-state index in [-0.39, 0.29) is 6.04 Å². The van der Waals surface area contributed by atoms with Gasteiger partial charge in [0.15, 0.2) is 0 Å². The summed E-state index contributed by atoms with van der Waals surface area (Å²) in [5.41, 5.74) is 2.48. The molecule has 3 heteroatoms. The van der Waals surface area contributed by atoms with E-state index in [9.17, 15) is 0 Å². The van der Waals surface area contributed by atoms with Crippen LogP contribution in [0.3, 0.4) is 0 Å². The summed E-state index contributed by atoms with van der Waals surface area (Å²) in [4.78, 5) is 0. The molecule has 100 valence electrons. The SMILES string of the molecule is CCOc1ccc(C(NC)c2ccc(Br)cc2)cc1. The molecule has 0 aliphatic rings. The number of halogens is 1. The molecule has 2 rings (SSSR count). The first kappa shape index (κ1) is 14.1. The Bertz CT molecular complexity index is 507. The molecule has 1 unspecified atom stereocenters. The van der Waals surface area contributed by atoms with E-state index in [4.69, 9.17) is 4.74 Å². The topological polar surface area (TPSA) is 21.3 Å². The second kappa shape index (κ2) is 6.73. The van der Waals surface area contributed by atoms with E-state index >= 15 is 0 Å². The van der Waals surface area contributed by atoms with Gasteiger partial charge in [-0.15, -0.1) is 0 Å². The standard InChI is InChI=1S/C16H18BrNO/c1-3-19-15-10-6-13(7-11-15)16(18-2)12-4-8-14(17)9-5-12/h4-11,16,18H,3H2,1-2H3. The fourth-order valence-electron chi connectivity index (χ4n) is 2.10. The Morgan fingerprint density at radius 3 is 2.00 bits per heavy atom. The molecule has 0 fully saturated rings. The summed E-state index contributed by atoms with van der Waals surface area (Å²) in [6, 6.07) is 16.8. The van der Waals surface area contributed by atoms with Crippen LogP contribution in [0.1, 0.15) is 24.1 Å². The van der Waals surface area contributed by atoms with Gasteiger partial charge in [-0.25, -0.2) is 0 Å². The molecule has 0 aliphatic heterocycles. The van der Waals surface area contributed by atoms with Gasteiger partial charge >= 0.3 is 0 Å². The second-order valence-electron chi connectivity index (χ2n) is 4.28. The van der Waals surface area contributed by atoms with E-state index < -0.39 is 0 Å². The van der Waals surface area contributed by atoms with Gasteiger partial charge < -0.3 is 10.1 Å². The molecule has 0 spiro atoms. The third kappa shape index (κ3) is 3.58. The van der Waals surface area contributed by atoms with Crippen molar-refractivity contribution in [2.24, 2.45) is 0 Å². The van der Waals surface area contributed by atoms with E-state index in [0.717, 1.165) is 10.2 Å². The van der Waals surface area contributed by atoms with Gasteiger partial charge in [-0.1, -0.05) is 40.2 Å². The lowest BCUT2D eigenvalue weighted by Gasteiger charge is -2.17. The van der Waals surface area contributed by atoms with Crippen LogP contribution in [0.25, 0.3) is 0 Å². The second-order valence-corrected chi connectivity index (χ2v) is 5.19. The lowest BCUT2D eigenvalue weighted by atomic mass is 9.99. The number of rotatable bonds is 5. The highest BCUT2D eigenvalue weighted by Gasteiger charge is 2.11. The summed E-state index contributed by atoms with van der Waals surface area (Å²) in [7, 11) is 1.98. The van der Waals surface area contributed by atoms with Crippen molar-refractivity contribution < 1.29 is 4.74 Å². The number of ether oxygens (including phenoxy) is 1. The predicted octanol–water partition coefficient (Wildman–Crippen LogP) is 4.16. The van der Waals surface area contributed by atoms with Crippen LogP contribution in [0.4, 0.5) is 0 Å². The summed E-state index contributed by atoms with van der Waals surface area (Å²) in [5.74, 6) is 0.914. The van der Waals surface area contributed by atoms with Gasteiger partial charge in [0.2, 0.25) is 0 Å². The molecule has 0 saturated carbocycles. The Kier molecular flexibility index (Phi) is 5.00. The quantitative estimate of drug-likeness (QED) is 0.893. The molecular weight excluding hydrogens is 302 g/mol. The minimum absolute atomic E-state index is 0.198. The van der Waals surface area contributed by atoms with Crippen LogP contribution in [-0.4, -0.2) is 13.7 Å². The van der Waals surface area contributed by atoms with Crippen LogP contribution in [-0.2, 0) is 0 Å². The molecule has 0 bridgehead atoms. The molecule has 0 radical (unpaired) electrons. The van der Waals surface area contributed by atoms with E-state index in [2.05, 4.69) is 57.6 Å². The maximum absolute atomic E-state index is 5.47. The molecule has 0 amide bonds. The third-order valence-corrected chi connectivity index (χ3v) is 3.55. The van der Waals surface area contributed by atoms with Crippen LogP contribution in [0.2, 0.25) is 0 Å². The van der Waals surface area contributed by atoms with Gasteiger partial charge in [0, 0.05) is 4.47 Å². The van der Waals surface area contributed by atoms with Gasteiger partial charge in [0.25, 0.3) is 0 Å². The maximum atomic E-state index is 5.47. The molecule has 19 heavy (non-hydrogen) atoms. The Morgan fingerprint density at radius 1 is 1.00 bits per heavy atom. The van der Waals surface area contributed by atoms with E-state index in [1.807, 2.05) is 26.1 Å². The van der Waals surface area contributed by atoms with Crippen LogP contribution in [0.15, 0.2) is 53.0 Å². The van der Waals surface area contributed by atoms with Crippen molar-refractivity contribution in [1.82, 2.24) is 5.32 Å². The van der Waals surface area contributed by atoms with Crippen molar-refractivity contribution in [1.29, 1.82) is 0 Å². The van der Waals surface area contributed by atoms with Crippen molar-refractivity contribution >= 4 is 15.9 Å². The molecule has 0 aromatic heterocycles. The Labute approximate surface area is 122 Å². The highest BCUT2D eigenvalue weighted by molar-refractivity contribution is 9.10. The van der Waals surface area contributed by atoms with E-state index in [0.29, 0.717) is 6.61 Å². The van der Waals surface area contributed by atoms with Crippen molar-refractivity contribution in [2.45, 2.75) is 13.0 Å². The number of nitrogens with one attached hydrogen (secondary N) is 1. The van der Waals surface area contributed by atoms with Gasteiger partial charge in [-0.05, 0) is 49.4 Å². The first-order valence-corrected chi connectivity index (χ1v) is 7.19. The minimum atomic E-state index is 0.198. The summed E-state index contributed by atoms with van der Waals surface area (Å²) < 4.78 is 6.56. The summed E-state index contributed by atoms with van der Waals surface area (Å²) in [6.07, 6.45) is 0. The molecule has 1 N–H and O–H groups in total. The average molecular weight is 320 g/mol. The highest BCUT2D eigenvalue weighted by Crippen LogP contribution is 2.25. The molecule has 1 atom stereocenters. The van der Waals surface area contributed by atoms with Gasteiger partial charge in [0.05, 0.1) is 12.6 Å². The van der Waals surface area contributed by atoms with E-state index in [1.54, 1.807) is 0 Å². The normalized spacial score (nSPS) is 12.2. The highest BCUT2D eigenvalue weighted by atomic mass is 79.9. The van der Waals surface area contributed by atoms with Crippen LogP contribution < -0.4 is 10.1 Å². The number of hydrogen-bond acceptors (Lipinski definition) is 2. The summed E-state index contributed by atoms with van der Waals surface area (Å²) >= 11 is 3.46. The zero-order valence-electron chi connectivity index (χ0n) is 11.2. The van der Waals surface area contributed by atoms with Crippen molar-refractivity contribution in [3.8, 4) is 5.75 Å². The van der Waals surface area contributed by atoms with Crippen LogP contribution in [0, 0.1) is 0 Å². The van der Waals surface area contributed by atoms with Gasteiger partial charge in [-0.2, -0.15) is 0 Å². The fraction of sp³-hybridized carbons (Fsp3) is 0.250. The van der Waals surface area contributed by atoms with Gasteiger partial charge in [0.1, 0.15) is 5.75 Å². The maximum Gasteiger partial charge on any atom is 0.119 e. The molecule has 0 saturated heterocycles. The predicted molar refractivity (Wildman–Crippen MR) is 82.7 cm³/mol. The summed E-state index contributed by atoms with van der Waals surface area (Å²) in [6.45, 7) is 2.69. The zero-order valence-corrected chi connectivity index (χ0v) is 12.8. The zero-order chi connectivity index (χ0) is 13.7. The number of hydrogen-bond donors (Lipinski definition) is 1. The molecule has 2 aromatic carbocycles. The van der Waals surface area contributed by atoms with Crippen LogP contribution >= 0.6 is 15.9 Å².